The molecule has 0 aromatic heterocycles. The number of carbonyl (C=O) groups excluding carboxylic acids is 2. The number of carbonyl (C=O) groups is 2. The summed E-state index contributed by atoms with van der Waals surface area (Å²) in [6.07, 6.45) is 0. The number of anilines is 1. The van der Waals surface area contributed by atoms with Crippen LogP contribution in [0.25, 0.3) is 0 Å². The van der Waals surface area contributed by atoms with Crippen LogP contribution in [-0.4, -0.2) is 55.6 Å². The van der Waals surface area contributed by atoms with Crippen molar-refractivity contribution in [3.8, 4) is 0 Å². The quantitative estimate of drug-likeness (QED) is 0.730. The highest BCUT2D eigenvalue weighted by Crippen LogP contribution is 2.22. The molecule has 29 heavy (non-hydrogen) atoms. The van der Waals surface area contributed by atoms with Crippen molar-refractivity contribution in [1.82, 2.24) is 9.21 Å². The van der Waals surface area contributed by atoms with Crippen molar-refractivity contribution in [2.24, 2.45) is 0 Å². The average Bonchev–Trinajstić information content (AvgIpc) is 2.71. The van der Waals surface area contributed by atoms with Crippen molar-refractivity contribution >= 4 is 43.5 Å². The van der Waals surface area contributed by atoms with Crippen LogP contribution in [0.3, 0.4) is 0 Å². The zero-order valence-electron chi connectivity index (χ0n) is 16.2. The molecule has 0 radical (unpaired) electrons. The number of sulfonamides is 1. The molecule has 2 aromatic rings. The molecule has 2 amide bonds. The number of hydrogen-bond donors (Lipinski definition) is 1. The van der Waals surface area contributed by atoms with Gasteiger partial charge in [0.25, 0.3) is 5.91 Å². The number of nitrogens with zero attached hydrogens (tertiary/aromatic N) is 2. The minimum atomic E-state index is -3.74. The van der Waals surface area contributed by atoms with E-state index in [1.54, 1.807) is 23.1 Å². The van der Waals surface area contributed by atoms with Gasteiger partial charge >= 0.3 is 0 Å². The molecule has 0 aliphatic carbocycles. The van der Waals surface area contributed by atoms with E-state index in [0.717, 1.165) is 10.0 Å². The van der Waals surface area contributed by atoms with Gasteiger partial charge in [-0.05, 0) is 48.9 Å². The number of piperazine rings is 1. The molecule has 0 saturated carbocycles. The molecule has 7 nitrogen and oxygen atoms in total. The highest BCUT2D eigenvalue weighted by molar-refractivity contribution is 9.10. The highest BCUT2D eigenvalue weighted by Gasteiger charge is 2.29. The van der Waals surface area contributed by atoms with Crippen LogP contribution in [0.4, 0.5) is 5.69 Å². The first kappa shape index (κ1) is 21.5. The maximum Gasteiger partial charge on any atom is 0.255 e. The van der Waals surface area contributed by atoms with Crippen LogP contribution in [0, 0.1) is 6.92 Å². The van der Waals surface area contributed by atoms with Crippen molar-refractivity contribution in [1.29, 1.82) is 0 Å². The zero-order chi connectivity index (χ0) is 21.2. The van der Waals surface area contributed by atoms with Gasteiger partial charge in [-0.25, -0.2) is 8.42 Å². The van der Waals surface area contributed by atoms with E-state index in [4.69, 9.17) is 0 Å². The van der Waals surface area contributed by atoms with Crippen LogP contribution in [-0.2, 0) is 14.8 Å². The predicted molar refractivity (Wildman–Crippen MR) is 114 cm³/mol. The van der Waals surface area contributed by atoms with Crippen LogP contribution in [0.5, 0.6) is 0 Å². The first-order chi connectivity index (χ1) is 13.7. The fourth-order valence-corrected chi connectivity index (χ4v) is 4.83. The molecule has 1 saturated heterocycles. The summed E-state index contributed by atoms with van der Waals surface area (Å²) in [6.45, 7) is 4.57. The molecule has 154 valence electrons. The summed E-state index contributed by atoms with van der Waals surface area (Å²) >= 11 is 3.42. The Labute approximate surface area is 178 Å². The first-order valence-corrected chi connectivity index (χ1v) is 11.3. The molecule has 1 N–H and O–H groups in total. The van der Waals surface area contributed by atoms with E-state index in [-0.39, 0.29) is 35.4 Å². The average molecular weight is 480 g/mol. The molecule has 2 aromatic carbocycles. The van der Waals surface area contributed by atoms with Crippen LogP contribution in [0.2, 0.25) is 0 Å². The molecule has 0 bridgehead atoms. The Bertz CT molecular complexity index is 1050. The fourth-order valence-electron chi connectivity index (χ4n) is 3.12. The molecule has 1 fully saturated rings. The standard InChI is InChI=1S/C20H22BrN3O4S/c1-14-12-17(6-7-19(14)21)22-20(26)16-4-3-5-18(13-16)29(27,28)24-10-8-23(9-11-24)15(2)25/h3-7,12-13H,8-11H2,1-2H3,(H,22,26). The molecule has 1 aliphatic heterocycles. The molecule has 0 spiro atoms. The molecular weight excluding hydrogens is 458 g/mol. The van der Waals surface area contributed by atoms with E-state index in [1.807, 2.05) is 19.1 Å². The number of amides is 2. The summed E-state index contributed by atoms with van der Waals surface area (Å²) in [5.41, 5.74) is 1.86. The zero-order valence-corrected chi connectivity index (χ0v) is 18.6. The molecule has 1 aliphatic rings. The fraction of sp³-hybridized carbons (Fsp3) is 0.300. The lowest BCUT2D eigenvalue weighted by atomic mass is 10.2. The van der Waals surface area contributed by atoms with E-state index in [0.29, 0.717) is 18.8 Å². The largest absolute Gasteiger partial charge is 0.340 e. The molecule has 3 rings (SSSR count). The number of halogens is 1. The number of benzene rings is 2. The van der Waals surface area contributed by atoms with Gasteiger partial charge in [0.05, 0.1) is 4.90 Å². The van der Waals surface area contributed by atoms with Gasteiger partial charge in [-0.1, -0.05) is 22.0 Å². The summed E-state index contributed by atoms with van der Waals surface area (Å²) in [7, 11) is -3.74. The molecule has 0 unspecified atom stereocenters. The maximum absolute atomic E-state index is 13.0. The van der Waals surface area contributed by atoms with E-state index >= 15 is 0 Å². The van der Waals surface area contributed by atoms with Gasteiger partial charge in [-0.2, -0.15) is 4.31 Å². The SMILES string of the molecule is CC(=O)N1CCN(S(=O)(=O)c2cccc(C(=O)Nc3ccc(Br)c(C)c3)c2)CC1. The summed E-state index contributed by atoms with van der Waals surface area (Å²) < 4.78 is 28.2. The Balaban J connectivity index is 1.77. The Kier molecular flexibility index (Phi) is 6.40. The topological polar surface area (TPSA) is 86.8 Å². The van der Waals surface area contributed by atoms with Crippen LogP contribution in [0.1, 0.15) is 22.8 Å². The lowest BCUT2D eigenvalue weighted by Gasteiger charge is -2.33. The Morgan fingerprint density at radius 3 is 2.34 bits per heavy atom. The summed E-state index contributed by atoms with van der Waals surface area (Å²) in [6, 6.07) is 11.4. The van der Waals surface area contributed by atoms with Crippen molar-refractivity contribution < 1.29 is 18.0 Å². The molecular formula is C20H22BrN3O4S. The summed E-state index contributed by atoms with van der Waals surface area (Å²) in [4.78, 5) is 25.7. The van der Waals surface area contributed by atoms with Gasteiger partial charge in [0, 0.05) is 48.8 Å². The van der Waals surface area contributed by atoms with Crippen LogP contribution >= 0.6 is 15.9 Å². The third kappa shape index (κ3) is 4.85. The van der Waals surface area contributed by atoms with Crippen molar-refractivity contribution in [2.75, 3.05) is 31.5 Å². The number of rotatable bonds is 4. The molecule has 1 heterocycles. The molecule has 0 atom stereocenters. The predicted octanol–water partition coefficient (Wildman–Crippen LogP) is 2.86. The lowest BCUT2D eigenvalue weighted by molar-refractivity contribution is -0.129. The van der Waals surface area contributed by atoms with Gasteiger partial charge < -0.3 is 10.2 Å². The smallest absolute Gasteiger partial charge is 0.255 e. The second-order valence-electron chi connectivity index (χ2n) is 6.86. The minimum absolute atomic E-state index is 0.0633. The van der Waals surface area contributed by atoms with Crippen LogP contribution in [0.15, 0.2) is 51.8 Å². The maximum atomic E-state index is 13.0. The summed E-state index contributed by atoms with van der Waals surface area (Å²) in [5, 5.41) is 2.79. The second kappa shape index (κ2) is 8.64. The third-order valence-electron chi connectivity index (χ3n) is 4.83. The second-order valence-corrected chi connectivity index (χ2v) is 9.65. The van der Waals surface area contributed by atoms with Gasteiger partial charge in [-0.15, -0.1) is 0 Å². The highest BCUT2D eigenvalue weighted by atomic mass is 79.9. The number of nitrogens with one attached hydrogen (secondary N) is 1. The van der Waals surface area contributed by atoms with E-state index in [2.05, 4.69) is 21.2 Å². The Hall–Kier alpha value is -2.23. The van der Waals surface area contributed by atoms with Crippen molar-refractivity contribution in [3.05, 3.63) is 58.1 Å². The van der Waals surface area contributed by atoms with Gasteiger partial charge in [0.1, 0.15) is 0 Å². The number of aryl methyl sites for hydroxylation is 1. The third-order valence-corrected chi connectivity index (χ3v) is 7.62. The number of hydrogen-bond acceptors (Lipinski definition) is 4. The molecule has 9 heteroatoms. The summed E-state index contributed by atoms with van der Waals surface area (Å²) in [5.74, 6) is -0.450. The van der Waals surface area contributed by atoms with Gasteiger partial charge in [0.2, 0.25) is 15.9 Å². The monoisotopic (exact) mass is 479 g/mol. The van der Waals surface area contributed by atoms with Crippen molar-refractivity contribution in [2.45, 2.75) is 18.7 Å². The first-order valence-electron chi connectivity index (χ1n) is 9.12. The minimum Gasteiger partial charge on any atom is -0.340 e. The van der Waals surface area contributed by atoms with E-state index in [1.165, 1.54) is 23.4 Å². The van der Waals surface area contributed by atoms with Crippen molar-refractivity contribution in [3.63, 3.8) is 0 Å². The van der Waals surface area contributed by atoms with Gasteiger partial charge in [-0.3, -0.25) is 9.59 Å². The Morgan fingerprint density at radius 2 is 1.72 bits per heavy atom. The van der Waals surface area contributed by atoms with Gasteiger partial charge in [0.15, 0.2) is 0 Å². The van der Waals surface area contributed by atoms with E-state index < -0.39 is 10.0 Å². The lowest BCUT2D eigenvalue weighted by Crippen LogP contribution is -2.49. The Morgan fingerprint density at radius 1 is 1.03 bits per heavy atom. The van der Waals surface area contributed by atoms with E-state index in [9.17, 15) is 18.0 Å². The van der Waals surface area contributed by atoms with Crippen LogP contribution < -0.4 is 5.32 Å². The normalized spacial score (nSPS) is 15.2.